The van der Waals surface area contributed by atoms with Crippen LogP contribution in [0.2, 0.25) is 0 Å². The Balaban J connectivity index is 1.42. The molecule has 140 valence electrons. The second-order valence-electron chi connectivity index (χ2n) is 6.93. The quantitative estimate of drug-likeness (QED) is 0.752. The van der Waals surface area contributed by atoms with Gasteiger partial charge in [0.05, 0.1) is 11.4 Å². The van der Waals surface area contributed by atoms with E-state index in [1.165, 1.54) is 0 Å². The molecule has 0 saturated carbocycles. The number of nitrogens with one attached hydrogen (secondary N) is 1. The third kappa shape index (κ3) is 4.11. The van der Waals surface area contributed by atoms with E-state index < -0.39 is 0 Å². The molecule has 2 aromatic carbocycles. The van der Waals surface area contributed by atoms with Crippen LogP contribution in [0.1, 0.15) is 5.56 Å². The summed E-state index contributed by atoms with van der Waals surface area (Å²) in [5.74, 6) is -0.149. The van der Waals surface area contributed by atoms with E-state index in [0.29, 0.717) is 12.2 Å². The van der Waals surface area contributed by atoms with Gasteiger partial charge in [0.2, 0.25) is 0 Å². The maximum Gasteiger partial charge on any atom is 0.146 e. The van der Waals surface area contributed by atoms with Gasteiger partial charge in [-0.05, 0) is 49.0 Å². The standard InChI is InChI=1S/C21H24FN5/c1-25-10-12-26(13-11-25)21-7-6-17(14-20(21)22)16-23-18-4-2-5-19(15-18)27-9-3-8-24-27/h2-9,14-15,23H,10-13,16H2,1H3. The smallest absolute Gasteiger partial charge is 0.146 e. The number of aromatic nitrogens is 2. The highest BCUT2D eigenvalue weighted by molar-refractivity contribution is 5.53. The van der Waals surface area contributed by atoms with Crippen LogP contribution in [0, 0.1) is 5.82 Å². The van der Waals surface area contributed by atoms with Crippen LogP contribution in [-0.2, 0) is 6.54 Å². The van der Waals surface area contributed by atoms with E-state index in [0.717, 1.165) is 43.1 Å². The number of halogens is 1. The Kier molecular flexibility index (Phi) is 5.07. The highest BCUT2D eigenvalue weighted by Crippen LogP contribution is 2.23. The lowest BCUT2D eigenvalue weighted by Gasteiger charge is -2.34. The van der Waals surface area contributed by atoms with Crippen LogP contribution < -0.4 is 10.2 Å². The van der Waals surface area contributed by atoms with Crippen molar-refractivity contribution in [1.82, 2.24) is 14.7 Å². The molecule has 1 aromatic heterocycles. The fraction of sp³-hybridized carbons (Fsp3) is 0.286. The second-order valence-corrected chi connectivity index (χ2v) is 6.93. The molecule has 6 heteroatoms. The van der Waals surface area contributed by atoms with E-state index >= 15 is 0 Å². The van der Waals surface area contributed by atoms with Crippen molar-refractivity contribution in [3.05, 3.63) is 72.3 Å². The zero-order valence-corrected chi connectivity index (χ0v) is 15.5. The van der Waals surface area contributed by atoms with E-state index in [1.807, 2.05) is 53.3 Å². The SMILES string of the molecule is CN1CCN(c2ccc(CNc3cccc(-n4cccn4)c3)cc2F)CC1. The Morgan fingerprint density at radius 2 is 1.89 bits per heavy atom. The molecule has 0 spiro atoms. The molecule has 27 heavy (non-hydrogen) atoms. The normalized spacial score (nSPS) is 15.1. The molecule has 2 heterocycles. The van der Waals surface area contributed by atoms with Crippen LogP contribution in [0.15, 0.2) is 60.9 Å². The lowest BCUT2D eigenvalue weighted by molar-refractivity contribution is 0.311. The Morgan fingerprint density at radius 3 is 2.63 bits per heavy atom. The van der Waals surface area contributed by atoms with Crippen molar-refractivity contribution in [2.75, 3.05) is 43.4 Å². The van der Waals surface area contributed by atoms with Crippen molar-refractivity contribution in [2.45, 2.75) is 6.54 Å². The first-order valence-corrected chi connectivity index (χ1v) is 9.25. The summed E-state index contributed by atoms with van der Waals surface area (Å²) in [5, 5.41) is 7.62. The molecule has 0 amide bonds. The van der Waals surface area contributed by atoms with Gasteiger partial charge in [-0.2, -0.15) is 5.10 Å². The van der Waals surface area contributed by atoms with Crippen LogP contribution in [0.3, 0.4) is 0 Å². The van der Waals surface area contributed by atoms with Gasteiger partial charge >= 0.3 is 0 Å². The summed E-state index contributed by atoms with van der Waals surface area (Å²) in [6.07, 6.45) is 3.66. The molecule has 0 radical (unpaired) electrons. The van der Waals surface area contributed by atoms with Crippen molar-refractivity contribution in [1.29, 1.82) is 0 Å². The van der Waals surface area contributed by atoms with E-state index in [9.17, 15) is 4.39 Å². The third-order valence-corrected chi connectivity index (χ3v) is 4.97. The lowest BCUT2D eigenvalue weighted by atomic mass is 10.1. The molecule has 0 unspecified atom stereocenters. The van der Waals surface area contributed by atoms with Crippen LogP contribution in [0.5, 0.6) is 0 Å². The van der Waals surface area contributed by atoms with Crippen LogP contribution in [0.4, 0.5) is 15.8 Å². The number of rotatable bonds is 5. The minimum atomic E-state index is -0.149. The van der Waals surface area contributed by atoms with Gasteiger partial charge in [0.1, 0.15) is 5.82 Å². The maximum absolute atomic E-state index is 14.6. The van der Waals surface area contributed by atoms with E-state index in [4.69, 9.17) is 0 Å². The highest BCUT2D eigenvalue weighted by Gasteiger charge is 2.17. The van der Waals surface area contributed by atoms with Gasteiger partial charge in [-0.3, -0.25) is 0 Å². The molecule has 0 atom stereocenters. The van der Waals surface area contributed by atoms with Crippen LogP contribution in [0.25, 0.3) is 5.69 Å². The first-order valence-electron chi connectivity index (χ1n) is 9.25. The van der Waals surface area contributed by atoms with Crippen LogP contribution in [-0.4, -0.2) is 47.9 Å². The minimum Gasteiger partial charge on any atom is -0.381 e. The van der Waals surface area contributed by atoms with Crippen molar-refractivity contribution in [3.8, 4) is 5.69 Å². The largest absolute Gasteiger partial charge is 0.381 e. The molecule has 1 aliphatic rings. The number of anilines is 2. The minimum absolute atomic E-state index is 0.149. The first-order chi connectivity index (χ1) is 13.2. The highest BCUT2D eigenvalue weighted by atomic mass is 19.1. The summed E-state index contributed by atoms with van der Waals surface area (Å²) in [6, 6.07) is 15.4. The Bertz CT molecular complexity index is 885. The number of piperazine rings is 1. The fourth-order valence-corrected chi connectivity index (χ4v) is 3.35. The first kappa shape index (κ1) is 17.5. The number of nitrogens with zero attached hydrogens (tertiary/aromatic N) is 4. The van der Waals surface area contributed by atoms with Gasteiger partial charge in [0.25, 0.3) is 0 Å². The summed E-state index contributed by atoms with van der Waals surface area (Å²) in [5.41, 5.74) is 3.59. The average molecular weight is 365 g/mol. The molecule has 1 N–H and O–H groups in total. The van der Waals surface area contributed by atoms with Gasteiger partial charge in [-0.25, -0.2) is 9.07 Å². The number of hydrogen-bond acceptors (Lipinski definition) is 4. The van der Waals surface area contributed by atoms with Gasteiger partial charge < -0.3 is 15.1 Å². The Morgan fingerprint density at radius 1 is 1.04 bits per heavy atom. The second kappa shape index (κ2) is 7.80. The van der Waals surface area contributed by atoms with Crippen molar-refractivity contribution in [2.24, 2.45) is 0 Å². The summed E-state index contributed by atoms with van der Waals surface area (Å²) in [7, 11) is 2.10. The van der Waals surface area contributed by atoms with Crippen molar-refractivity contribution >= 4 is 11.4 Å². The summed E-state index contributed by atoms with van der Waals surface area (Å²) >= 11 is 0. The van der Waals surface area contributed by atoms with Gasteiger partial charge in [-0.15, -0.1) is 0 Å². The Labute approximate surface area is 159 Å². The fourth-order valence-electron chi connectivity index (χ4n) is 3.35. The third-order valence-electron chi connectivity index (χ3n) is 4.97. The molecule has 3 aromatic rings. The zero-order chi connectivity index (χ0) is 18.6. The van der Waals surface area contributed by atoms with E-state index in [-0.39, 0.29) is 5.82 Å². The predicted octanol–water partition coefficient (Wildman–Crippen LogP) is 3.38. The van der Waals surface area contributed by atoms with E-state index in [2.05, 4.69) is 27.3 Å². The summed E-state index contributed by atoms with van der Waals surface area (Å²) in [4.78, 5) is 4.39. The molecule has 4 rings (SSSR count). The monoisotopic (exact) mass is 365 g/mol. The topological polar surface area (TPSA) is 36.3 Å². The van der Waals surface area contributed by atoms with Gasteiger partial charge in [0, 0.05) is 50.8 Å². The van der Waals surface area contributed by atoms with Crippen molar-refractivity contribution in [3.63, 3.8) is 0 Å². The van der Waals surface area contributed by atoms with Gasteiger partial charge in [0.15, 0.2) is 0 Å². The molecule has 5 nitrogen and oxygen atoms in total. The maximum atomic E-state index is 14.6. The molecule has 1 saturated heterocycles. The van der Waals surface area contributed by atoms with Gasteiger partial charge in [-0.1, -0.05) is 12.1 Å². The zero-order valence-electron chi connectivity index (χ0n) is 15.5. The number of benzene rings is 2. The average Bonchev–Trinajstić information content (AvgIpc) is 3.23. The molecule has 0 aliphatic carbocycles. The number of hydrogen-bond donors (Lipinski definition) is 1. The lowest BCUT2D eigenvalue weighted by Crippen LogP contribution is -2.44. The molecule has 1 fully saturated rings. The predicted molar refractivity (Wildman–Crippen MR) is 107 cm³/mol. The summed E-state index contributed by atoms with van der Waals surface area (Å²) in [6.45, 7) is 4.24. The molecular weight excluding hydrogens is 341 g/mol. The Hall–Kier alpha value is -2.86. The van der Waals surface area contributed by atoms with E-state index in [1.54, 1.807) is 12.3 Å². The number of likely N-dealkylation sites (N-methyl/N-ethyl adjacent to an activating group) is 1. The molecule has 1 aliphatic heterocycles. The van der Waals surface area contributed by atoms with Crippen LogP contribution >= 0.6 is 0 Å². The summed E-state index contributed by atoms with van der Waals surface area (Å²) < 4.78 is 16.4. The van der Waals surface area contributed by atoms with Crippen molar-refractivity contribution < 1.29 is 4.39 Å². The molecule has 0 bridgehead atoms. The molecular formula is C21H24FN5.